The van der Waals surface area contributed by atoms with Crippen molar-refractivity contribution in [1.82, 2.24) is 14.5 Å². The van der Waals surface area contributed by atoms with E-state index in [0.29, 0.717) is 28.7 Å². The van der Waals surface area contributed by atoms with Crippen molar-refractivity contribution in [2.75, 3.05) is 5.32 Å². The van der Waals surface area contributed by atoms with Crippen molar-refractivity contribution in [3.8, 4) is 0 Å². The second-order valence-electron chi connectivity index (χ2n) is 7.51. The van der Waals surface area contributed by atoms with Crippen molar-refractivity contribution in [2.24, 2.45) is 5.41 Å². The molecular formula is C20H20N4O2. The summed E-state index contributed by atoms with van der Waals surface area (Å²) in [6, 6.07) is 8.57. The number of hydrogen-bond acceptors (Lipinski definition) is 4. The summed E-state index contributed by atoms with van der Waals surface area (Å²) in [7, 11) is 0. The van der Waals surface area contributed by atoms with Crippen LogP contribution in [0.4, 0.5) is 5.69 Å². The zero-order valence-electron chi connectivity index (χ0n) is 14.8. The van der Waals surface area contributed by atoms with Gasteiger partial charge in [0.15, 0.2) is 0 Å². The van der Waals surface area contributed by atoms with E-state index in [4.69, 9.17) is 0 Å². The van der Waals surface area contributed by atoms with Crippen LogP contribution in [0, 0.1) is 5.41 Å². The van der Waals surface area contributed by atoms with Gasteiger partial charge in [-0.05, 0) is 42.2 Å². The number of benzene rings is 1. The van der Waals surface area contributed by atoms with Crippen molar-refractivity contribution in [1.29, 1.82) is 0 Å². The number of rotatable bonds is 2. The molecule has 0 unspecified atom stereocenters. The van der Waals surface area contributed by atoms with Crippen LogP contribution in [0.25, 0.3) is 10.9 Å². The molecule has 4 rings (SSSR count). The molecule has 0 aliphatic carbocycles. The molecule has 1 aliphatic rings. The number of aryl methyl sites for hydroxylation is 1. The first-order valence-corrected chi connectivity index (χ1v) is 8.68. The van der Waals surface area contributed by atoms with Gasteiger partial charge >= 0.3 is 0 Å². The number of carbonyl (C=O) groups excluding carboxylic acids is 1. The number of nitrogens with one attached hydrogen (secondary N) is 1. The predicted octanol–water partition coefficient (Wildman–Crippen LogP) is 3.02. The summed E-state index contributed by atoms with van der Waals surface area (Å²) < 4.78 is 1.78. The van der Waals surface area contributed by atoms with Crippen molar-refractivity contribution in [3.05, 3.63) is 64.5 Å². The maximum atomic E-state index is 12.8. The molecule has 0 fully saturated rings. The van der Waals surface area contributed by atoms with E-state index in [1.54, 1.807) is 47.3 Å². The summed E-state index contributed by atoms with van der Waals surface area (Å²) in [5, 5.41) is 3.34. The minimum absolute atomic E-state index is 0.0306. The lowest BCUT2D eigenvalue weighted by atomic mass is 9.85. The van der Waals surface area contributed by atoms with Crippen molar-refractivity contribution >= 4 is 22.5 Å². The summed E-state index contributed by atoms with van der Waals surface area (Å²) in [5.74, 6) is 0.548. The smallest absolute Gasteiger partial charge is 0.261 e. The Bertz CT molecular complexity index is 1050. The monoisotopic (exact) mass is 348 g/mol. The summed E-state index contributed by atoms with van der Waals surface area (Å²) in [6.07, 6.45) is 4.99. The van der Waals surface area contributed by atoms with Gasteiger partial charge in [-0.2, -0.15) is 0 Å². The highest BCUT2D eigenvalue weighted by Crippen LogP contribution is 2.29. The Morgan fingerprint density at radius 2 is 2.12 bits per heavy atom. The number of anilines is 1. The number of nitrogens with zero attached hydrogens (tertiary/aromatic N) is 3. The molecule has 1 amide bonds. The van der Waals surface area contributed by atoms with Gasteiger partial charge in [-0.1, -0.05) is 13.8 Å². The maximum Gasteiger partial charge on any atom is 0.261 e. The first kappa shape index (κ1) is 16.4. The van der Waals surface area contributed by atoms with Crippen molar-refractivity contribution in [3.63, 3.8) is 0 Å². The van der Waals surface area contributed by atoms with Gasteiger partial charge in [0.2, 0.25) is 0 Å². The van der Waals surface area contributed by atoms with Crippen molar-refractivity contribution in [2.45, 2.75) is 33.2 Å². The zero-order valence-corrected chi connectivity index (χ0v) is 14.8. The Kier molecular flexibility index (Phi) is 3.83. The van der Waals surface area contributed by atoms with E-state index < -0.39 is 0 Å². The lowest BCUT2D eigenvalue weighted by molar-refractivity contribution is 0.102. The SMILES string of the molecule is CC1(C)CCc2nc3cc(C(=O)Nc4cccnc4)ccc3c(=O)n2C1. The maximum absolute atomic E-state index is 12.8. The first-order chi connectivity index (χ1) is 12.4. The standard InChI is InChI=1S/C20H20N4O2/c1-20(2)8-7-17-23-16-10-13(5-6-15(16)19(26)24(17)12-20)18(25)22-14-4-3-9-21-11-14/h3-6,9-11H,7-8,12H2,1-2H3,(H,22,25). The summed E-state index contributed by atoms with van der Waals surface area (Å²) in [6.45, 7) is 5.00. The number of aromatic nitrogens is 3. The predicted molar refractivity (Wildman–Crippen MR) is 100 cm³/mol. The highest BCUT2D eigenvalue weighted by molar-refractivity contribution is 6.05. The van der Waals surface area contributed by atoms with Gasteiger partial charge < -0.3 is 5.32 Å². The molecule has 1 aliphatic heterocycles. The van der Waals surface area contributed by atoms with Gasteiger partial charge in [-0.15, -0.1) is 0 Å². The minimum atomic E-state index is -0.249. The van der Waals surface area contributed by atoms with E-state index in [1.165, 1.54) is 0 Å². The first-order valence-electron chi connectivity index (χ1n) is 8.68. The molecule has 6 nitrogen and oxygen atoms in total. The Balaban J connectivity index is 1.72. The van der Waals surface area contributed by atoms with Gasteiger partial charge in [0.1, 0.15) is 5.82 Å². The molecule has 132 valence electrons. The molecule has 2 aromatic heterocycles. The van der Waals surface area contributed by atoms with E-state index in [9.17, 15) is 9.59 Å². The fourth-order valence-electron chi connectivity index (χ4n) is 3.36. The highest BCUT2D eigenvalue weighted by Gasteiger charge is 2.27. The van der Waals surface area contributed by atoms with E-state index in [0.717, 1.165) is 18.7 Å². The van der Waals surface area contributed by atoms with Crippen LogP contribution in [-0.4, -0.2) is 20.4 Å². The third kappa shape index (κ3) is 2.98. The number of amides is 1. The van der Waals surface area contributed by atoms with Gasteiger partial charge in [0, 0.05) is 24.7 Å². The van der Waals surface area contributed by atoms with Crippen LogP contribution in [0.1, 0.15) is 36.5 Å². The van der Waals surface area contributed by atoms with Crippen molar-refractivity contribution < 1.29 is 4.79 Å². The van der Waals surface area contributed by atoms with E-state index in [1.807, 2.05) is 0 Å². The summed E-state index contributed by atoms with van der Waals surface area (Å²) >= 11 is 0. The van der Waals surface area contributed by atoms with Gasteiger partial charge in [-0.3, -0.25) is 19.1 Å². The van der Waals surface area contributed by atoms with E-state index in [2.05, 4.69) is 29.1 Å². The molecule has 0 saturated carbocycles. The molecule has 26 heavy (non-hydrogen) atoms. The second-order valence-corrected chi connectivity index (χ2v) is 7.51. The Morgan fingerprint density at radius 3 is 2.88 bits per heavy atom. The van der Waals surface area contributed by atoms with Crippen LogP contribution in [-0.2, 0) is 13.0 Å². The van der Waals surface area contributed by atoms with Crippen LogP contribution in [0.15, 0.2) is 47.5 Å². The minimum Gasteiger partial charge on any atom is -0.321 e. The van der Waals surface area contributed by atoms with Crippen LogP contribution in [0.3, 0.4) is 0 Å². The van der Waals surface area contributed by atoms with Gasteiger partial charge in [0.25, 0.3) is 11.5 Å². The fraction of sp³-hybridized carbons (Fsp3) is 0.300. The average Bonchev–Trinajstić information content (AvgIpc) is 2.63. The normalized spacial score (nSPS) is 15.5. The third-order valence-corrected chi connectivity index (χ3v) is 4.83. The zero-order chi connectivity index (χ0) is 18.3. The van der Waals surface area contributed by atoms with Crippen LogP contribution < -0.4 is 10.9 Å². The molecule has 1 N–H and O–H groups in total. The Hall–Kier alpha value is -3.02. The molecule has 0 saturated heterocycles. The Morgan fingerprint density at radius 1 is 1.27 bits per heavy atom. The molecule has 6 heteroatoms. The second kappa shape index (κ2) is 6.05. The fourth-order valence-corrected chi connectivity index (χ4v) is 3.36. The highest BCUT2D eigenvalue weighted by atomic mass is 16.1. The number of carbonyl (C=O) groups is 1. The van der Waals surface area contributed by atoms with Gasteiger partial charge in [-0.25, -0.2) is 4.98 Å². The van der Waals surface area contributed by atoms with Crippen LogP contribution in [0.5, 0.6) is 0 Å². The molecule has 1 aromatic carbocycles. The van der Waals surface area contributed by atoms with E-state index >= 15 is 0 Å². The quantitative estimate of drug-likeness (QED) is 0.772. The summed E-state index contributed by atoms with van der Waals surface area (Å²) in [5.41, 5.74) is 1.72. The molecule has 0 bridgehead atoms. The molecule has 0 atom stereocenters. The van der Waals surface area contributed by atoms with Crippen LogP contribution >= 0.6 is 0 Å². The topological polar surface area (TPSA) is 76.9 Å². The molecule has 3 aromatic rings. The Labute approximate surface area is 150 Å². The number of fused-ring (bicyclic) bond motifs is 2. The van der Waals surface area contributed by atoms with E-state index in [-0.39, 0.29) is 16.9 Å². The number of hydrogen-bond donors (Lipinski definition) is 1. The number of pyridine rings is 1. The lowest BCUT2D eigenvalue weighted by Crippen LogP contribution is -2.36. The molecular weight excluding hydrogens is 328 g/mol. The molecule has 0 radical (unpaired) electrons. The summed E-state index contributed by atoms with van der Waals surface area (Å²) in [4.78, 5) is 34.0. The van der Waals surface area contributed by atoms with Gasteiger partial charge in [0.05, 0.1) is 22.8 Å². The average molecular weight is 348 g/mol. The lowest BCUT2D eigenvalue weighted by Gasteiger charge is -2.31. The van der Waals surface area contributed by atoms with Crippen LogP contribution in [0.2, 0.25) is 0 Å². The third-order valence-electron chi connectivity index (χ3n) is 4.83. The molecule has 0 spiro atoms. The largest absolute Gasteiger partial charge is 0.321 e. The molecule has 3 heterocycles.